The molecule has 35 heavy (non-hydrogen) atoms. The van der Waals surface area contributed by atoms with Crippen LogP contribution in [0.15, 0.2) is 72.8 Å². The van der Waals surface area contributed by atoms with E-state index in [4.69, 9.17) is 11.6 Å². The normalized spacial score (nSPS) is 12.2. The largest absolute Gasteiger partial charge is 0.350 e. The first kappa shape index (κ1) is 26.4. The Hall–Kier alpha value is -3.18. The van der Waals surface area contributed by atoms with Crippen molar-refractivity contribution in [3.05, 3.63) is 106 Å². The molecule has 0 unspecified atom stereocenters. The first-order valence-corrected chi connectivity index (χ1v) is 12.0. The maximum Gasteiger partial charge on any atom is 0.243 e. The number of amides is 2. The van der Waals surface area contributed by atoms with Crippen LogP contribution in [0.1, 0.15) is 43.0 Å². The third-order valence-corrected chi connectivity index (χ3v) is 5.99. The molecule has 0 aliphatic heterocycles. The number of carbonyl (C=O) groups excluding carboxylic acids is 2. The third kappa shape index (κ3) is 7.66. The second-order valence-corrected chi connectivity index (χ2v) is 10.2. The topological polar surface area (TPSA) is 49.4 Å². The van der Waals surface area contributed by atoms with Crippen LogP contribution in [0.3, 0.4) is 0 Å². The van der Waals surface area contributed by atoms with E-state index in [2.05, 4.69) is 5.32 Å². The fourth-order valence-electron chi connectivity index (χ4n) is 3.85. The Morgan fingerprint density at radius 3 is 2.20 bits per heavy atom. The van der Waals surface area contributed by atoms with Crippen molar-refractivity contribution in [2.75, 3.05) is 0 Å². The highest BCUT2D eigenvalue weighted by atomic mass is 35.5. The number of halogens is 2. The van der Waals surface area contributed by atoms with Crippen LogP contribution < -0.4 is 5.32 Å². The van der Waals surface area contributed by atoms with Gasteiger partial charge in [0.15, 0.2) is 0 Å². The van der Waals surface area contributed by atoms with Gasteiger partial charge in [0.05, 0.1) is 6.42 Å². The molecule has 184 valence electrons. The van der Waals surface area contributed by atoms with E-state index in [-0.39, 0.29) is 35.4 Å². The van der Waals surface area contributed by atoms with Crippen LogP contribution in [0.5, 0.6) is 0 Å². The summed E-state index contributed by atoms with van der Waals surface area (Å²) in [6.45, 7) is 7.89. The molecular formula is C29H32ClFN2O2. The fourth-order valence-corrected chi connectivity index (χ4v) is 4.08. The zero-order chi connectivity index (χ0) is 25.6. The number of hydrogen-bond acceptors (Lipinski definition) is 2. The lowest BCUT2D eigenvalue weighted by molar-refractivity contribution is -0.141. The van der Waals surface area contributed by atoms with Crippen LogP contribution in [-0.4, -0.2) is 28.3 Å². The Balaban J connectivity index is 2.02. The van der Waals surface area contributed by atoms with Gasteiger partial charge in [-0.05, 0) is 51.0 Å². The van der Waals surface area contributed by atoms with E-state index in [0.717, 1.165) is 16.7 Å². The van der Waals surface area contributed by atoms with E-state index >= 15 is 0 Å². The molecular weight excluding hydrogens is 463 g/mol. The fraction of sp³-hybridized carbons (Fsp3) is 0.310. The van der Waals surface area contributed by atoms with Crippen molar-refractivity contribution in [1.82, 2.24) is 10.2 Å². The van der Waals surface area contributed by atoms with Crippen LogP contribution in [0.25, 0.3) is 0 Å². The van der Waals surface area contributed by atoms with Crippen LogP contribution in [-0.2, 0) is 29.0 Å². The van der Waals surface area contributed by atoms with Gasteiger partial charge in [-0.3, -0.25) is 9.59 Å². The number of rotatable bonds is 8. The predicted molar refractivity (Wildman–Crippen MR) is 139 cm³/mol. The second-order valence-electron chi connectivity index (χ2n) is 9.83. The van der Waals surface area contributed by atoms with E-state index in [1.54, 1.807) is 11.0 Å². The molecule has 3 rings (SSSR count). The van der Waals surface area contributed by atoms with E-state index in [1.807, 2.05) is 82.3 Å². The van der Waals surface area contributed by atoms with E-state index in [0.29, 0.717) is 6.42 Å². The van der Waals surface area contributed by atoms with E-state index in [9.17, 15) is 14.0 Å². The Kier molecular flexibility index (Phi) is 8.68. The highest BCUT2D eigenvalue weighted by molar-refractivity contribution is 6.31. The maximum absolute atomic E-state index is 14.5. The van der Waals surface area contributed by atoms with Gasteiger partial charge in [-0.25, -0.2) is 4.39 Å². The minimum Gasteiger partial charge on any atom is -0.350 e. The van der Waals surface area contributed by atoms with Crippen LogP contribution >= 0.6 is 11.6 Å². The van der Waals surface area contributed by atoms with Crippen LogP contribution in [0.4, 0.5) is 4.39 Å². The lowest BCUT2D eigenvalue weighted by atomic mass is 9.99. The van der Waals surface area contributed by atoms with Crippen molar-refractivity contribution >= 4 is 23.4 Å². The Bertz CT molecular complexity index is 1140. The Morgan fingerprint density at radius 2 is 1.60 bits per heavy atom. The molecule has 0 saturated carbocycles. The molecule has 0 aliphatic carbocycles. The average molecular weight is 495 g/mol. The summed E-state index contributed by atoms with van der Waals surface area (Å²) < 4.78 is 14.5. The number of aryl methyl sites for hydroxylation is 1. The Morgan fingerprint density at radius 1 is 0.943 bits per heavy atom. The second kappa shape index (κ2) is 11.5. The molecule has 3 aromatic carbocycles. The summed E-state index contributed by atoms with van der Waals surface area (Å²) in [6.07, 6.45) is 0.0802. The molecule has 0 aromatic heterocycles. The minimum absolute atomic E-state index is 0.128. The van der Waals surface area contributed by atoms with Crippen molar-refractivity contribution in [3.63, 3.8) is 0 Å². The zero-order valence-electron chi connectivity index (χ0n) is 20.6. The number of hydrogen-bond donors (Lipinski definition) is 1. The molecule has 0 saturated heterocycles. The molecule has 4 nitrogen and oxygen atoms in total. The van der Waals surface area contributed by atoms with Crippen LogP contribution in [0.2, 0.25) is 5.02 Å². The molecule has 2 amide bonds. The quantitative estimate of drug-likeness (QED) is 0.425. The molecule has 3 aromatic rings. The van der Waals surface area contributed by atoms with Gasteiger partial charge < -0.3 is 10.2 Å². The Labute approximate surface area is 212 Å². The minimum atomic E-state index is -0.795. The van der Waals surface area contributed by atoms with Crippen molar-refractivity contribution in [2.45, 2.75) is 58.7 Å². The van der Waals surface area contributed by atoms with Crippen molar-refractivity contribution in [2.24, 2.45) is 0 Å². The lowest BCUT2D eigenvalue weighted by Gasteiger charge is -2.34. The smallest absolute Gasteiger partial charge is 0.243 e. The number of nitrogens with zero attached hydrogens (tertiary/aromatic N) is 1. The lowest BCUT2D eigenvalue weighted by Crippen LogP contribution is -2.54. The van der Waals surface area contributed by atoms with Gasteiger partial charge >= 0.3 is 0 Å². The first-order chi connectivity index (χ1) is 16.5. The summed E-state index contributed by atoms with van der Waals surface area (Å²) in [5.41, 5.74) is 2.54. The number of carbonyl (C=O) groups is 2. The van der Waals surface area contributed by atoms with Crippen molar-refractivity contribution in [3.8, 4) is 0 Å². The van der Waals surface area contributed by atoms with Gasteiger partial charge in [-0.15, -0.1) is 0 Å². The molecule has 1 N–H and O–H groups in total. The monoisotopic (exact) mass is 494 g/mol. The molecule has 0 spiro atoms. The molecule has 0 heterocycles. The molecule has 0 radical (unpaired) electrons. The summed E-state index contributed by atoms with van der Waals surface area (Å²) >= 11 is 6.22. The summed E-state index contributed by atoms with van der Waals surface area (Å²) in [5.74, 6) is -1.18. The van der Waals surface area contributed by atoms with Crippen molar-refractivity contribution in [1.29, 1.82) is 0 Å². The molecule has 0 fully saturated rings. The summed E-state index contributed by atoms with van der Waals surface area (Å²) in [6, 6.07) is 20.9. The number of nitrogens with one attached hydrogen (secondary N) is 1. The summed E-state index contributed by atoms with van der Waals surface area (Å²) in [5, 5.41) is 3.21. The van der Waals surface area contributed by atoms with E-state index < -0.39 is 17.4 Å². The van der Waals surface area contributed by atoms with Crippen LogP contribution in [0, 0.1) is 12.7 Å². The molecule has 1 atom stereocenters. The first-order valence-electron chi connectivity index (χ1n) is 11.7. The third-order valence-electron chi connectivity index (χ3n) is 5.63. The van der Waals surface area contributed by atoms with Gasteiger partial charge in [0.1, 0.15) is 11.9 Å². The van der Waals surface area contributed by atoms with Gasteiger partial charge in [0.25, 0.3) is 0 Å². The van der Waals surface area contributed by atoms with Gasteiger partial charge in [-0.2, -0.15) is 0 Å². The summed E-state index contributed by atoms with van der Waals surface area (Å²) in [7, 11) is 0. The van der Waals surface area contributed by atoms with Crippen molar-refractivity contribution < 1.29 is 14.0 Å². The maximum atomic E-state index is 14.5. The standard InChI is InChI=1S/C29H32ClFN2O2/c1-20-13-15-22(16-14-20)19-33(27(34)18-23-24(30)11-8-12-25(23)31)26(28(35)32-29(2,3)4)17-21-9-6-5-7-10-21/h5-16,26H,17-19H2,1-4H3,(H,32,35)/t26-/m0/s1. The molecule has 0 bridgehead atoms. The SMILES string of the molecule is Cc1ccc(CN(C(=O)Cc2c(F)cccc2Cl)[C@@H](Cc2ccccc2)C(=O)NC(C)(C)C)cc1. The van der Waals surface area contributed by atoms with Gasteiger partial charge in [0, 0.05) is 29.1 Å². The summed E-state index contributed by atoms with van der Waals surface area (Å²) in [4.78, 5) is 28.8. The number of benzene rings is 3. The predicted octanol–water partition coefficient (Wildman–Crippen LogP) is 5.88. The molecule has 0 aliphatic rings. The van der Waals surface area contributed by atoms with E-state index in [1.165, 1.54) is 12.1 Å². The van der Waals surface area contributed by atoms with Gasteiger partial charge in [-0.1, -0.05) is 77.8 Å². The highest BCUT2D eigenvalue weighted by Crippen LogP contribution is 2.23. The van der Waals surface area contributed by atoms with Gasteiger partial charge in [0.2, 0.25) is 11.8 Å². The molecule has 6 heteroatoms. The zero-order valence-corrected chi connectivity index (χ0v) is 21.4. The highest BCUT2D eigenvalue weighted by Gasteiger charge is 2.32. The average Bonchev–Trinajstić information content (AvgIpc) is 2.79.